The molecule has 110 valence electrons. The van der Waals surface area contributed by atoms with Crippen LogP contribution in [0, 0.1) is 6.92 Å². The number of amides is 1. The smallest absolute Gasteiger partial charge is 0.252 e. The fourth-order valence-corrected chi connectivity index (χ4v) is 1.94. The number of hydrogen-bond acceptors (Lipinski definition) is 5. The van der Waals surface area contributed by atoms with Gasteiger partial charge in [0.2, 0.25) is 0 Å². The van der Waals surface area contributed by atoms with Crippen molar-refractivity contribution in [3.8, 4) is 5.75 Å². The molecular weight excluding hydrogens is 268 g/mol. The van der Waals surface area contributed by atoms with Crippen LogP contribution in [-0.4, -0.2) is 24.0 Å². The second kappa shape index (κ2) is 6.71. The number of ether oxygens (including phenoxy) is 1. The number of anilines is 2. The molecule has 0 spiro atoms. The normalized spacial score (nSPS) is 10.2. The zero-order chi connectivity index (χ0) is 15.2. The minimum absolute atomic E-state index is 0.380. The monoisotopic (exact) mass is 286 g/mol. The van der Waals surface area contributed by atoms with Gasteiger partial charge in [-0.15, -0.1) is 0 Å². The molecule has 0 atom stereocenters. The van der Waals surface area contributed by atoms with Crippen molar-refractivity contribution in [3.05, 3.63) is 47.7 Å². The number of rotatable bonds is 6. The lowest BCUT2D eigenvalue weighted by Crippen LogP contribution is -2.16. The van der Waals surface area contributed by atoms with Gasteiger partial charge in [0.15, 0.2) is 0 Å². The molecule has 0 saturated carbocycles. The van der Waals surface area contributed by atoms with Crippen molar-refractivity contribution in [1.82, 2.24) is 4.98 Å². The zero-order valence-electron chi connectivity index (χ0n) is 11.8. The van der Waals surface area contributed by atoms with Crippen molar-refractivity contribution in [2.75, 3.05) is 18.5 Å². The summed E-state index contributed by atoms with van der Waals surface area (Å²) in [4.78, 5) is 15.7. The molecule has 1 aromatic carbocycles. The maximum Gasteiger partial charge on any atom is 0.252 e. The summed E-state index contributed by atoms with van der Waals surface area (Å²) in [7, 11) is 0. The first-order valence-corrected chi connectivity index (χ1v) is 6.57. The Bertz CT molecular complexity index is 643. The van der Waals surface area contributed by atoms with E-state index in [0.29, 0.717) is 30.3 Å². The summed E-state index contributed by atoms with van der Waals surface area (Å²) in [5.41, 5.74) is 12.7. The molecule has 2 rings (SSSR count). The highest BCUT2D eigenvalue weighted by atomic mass is 16.5. The van der Waals surface area contributed by atoms with Crippen molar-refractivity contribution in [2.45, 2.75) is 6.92 Å². The van der Waals surface area contributed by atoms with Crippen molar-refractivity contribution in [2.24, 2.45) is 11.5 Å². The van der Waals surface area contributed by atoms with Crippen LogP contribution in [0.5, 0.6) is 5.75 Å². The highest BCUT2D eigenvalue weighted by Crippen LogP contribution is 2.23. The van der Waals surface area contributed by atoms with Crippen LogP contribution in [0.15, 0.2) is 36.5 Å². The number of nitrogens with two attached hydrogens (primary N) is 2. The molecular formula is C15H18N4O2. The third-order valence-corrected chi connectivity index (χ3v) is 2.89. The van der Waals surface area contributed by atoms with E-state index in [9.17, 15) is 4.79 Å². The number of aromatic nitrogens is 1. The molecule has 0 bridgehead atoms. The topological polar surface area (TPSA) is 103 Å². The first-order valence-electron chi connectivity index (χ1n) is 6.57. The Morgan fingerprint density at radius 2 is 2.19 bits per heavy atom. The quantitative estimate of drug-likeness (QED) is 0.748. The molecule has 6 nitrogen and oxygen atoms in total. The van der Waals surface area contributed by atoms with E-state index in [4.69, 9.17) is 16.2 Å². The molecule has 0 aliphatic carbocycles. The second-order valence-electron chi connectivity index (χ2n) is 4.51. The van der Waals surface area contributed by atoms with Crippen LogP contribution in [0.2, 0.25) is 0 Å². The van der Waals surface area contributed by atoms with E-state index < -0.39 is 5.91 Å². The number of hydrogen-bond donors (Lipinski definition) is 3. The molecule has 2 aromatic rings. The van der Waals surface area contributed by atoms with E-state index in [-0.39, 0.29) is 0 Å². The van der Waals surface area contributed by atoms with Crippen LogP contribution < -0.4 is 21.5 Å². The largest absolute Gasteiger partial charge is 0.492 e. The molecule has 6 heteroatoms. The Kier molecular flexibility index (Phi) is 4.73. The lowest BCUT2D eigenvalue weighted by molar-refractivity contribution is 0.100. The van der Waals surface area contributed by atoms with Gasteiger partial charge in [-0.05, 0) is 30.7 Å². The van der Waals surface area contributed by atoms with E-state index >= 15 is 0 Å². The lowest BCUT2D eigenvalue weighted by atomic mass is 10.1. The number of pyridine rings is 1. The first kappa shape index (κ1) is 14.8. The molecule has 1 amide bonds. The molecule has 0 radical (unpaired) electrons. The standard InChI is InChI=1S/C15H18N4O2/c1-10-5-7-18-15(13(10)14(17)20)19-11-3-2-4-12(9-11)21-8-6-16/h2-5,7,9H,6,8,16H2,1H3,(H2,17,20)(H,18,19). The van der Waals surface area contributed by atoms with Crippen LogP contribution in [0.4, 0.5) is 11.5 Å². The number of aryl methyl sites for hydroxylation is 1. The Hall–Kier alpha value is -2.60. The predicted molar refractivity (Wildman–Crippen MR) is 81.8 cm³/mol. The van der Waals surface area contributed by atoms with Gasteiger partial charge in [0.25, 0.3) is 5.91 Å². The molecule has 5 N–H and O–H groups in total. The van der Waals surface area contributed by atoms with Gasteiger partial charge in [0.05, 0.1) is 5.56 Å². The number of carbonyl (C=O) groups is 1. The summed E-state index contributed by atoms with van der Waals surface area (Å²) in [6, 6.07) is 9.08. The minimum Gasteiger partial charge on any atom is -0.492 e. The van der Waals surface area contributed by atoms with Crippen molar-refractivity contribution in [1.29, 1.82) is 0 Å². The highest BCUT2D eigenvalue weighted by Gasteiger charge is 2.12. The Labute approximate surface area is 123 Å². The minimum atomic E-state index is -0.515. The average Bonchev–Trinajstić information content (AvgIpc) is 2.45. The summed E-state index contributed by atoms with van der Waals surface area (Å²) in [6.45, 7) is 2.70. The van der Waals surface area contributed by atoms with Gasteiger partial charge < -0.3 is 21.5 Å². The summed E-state index contributed by atoms with van der Waals surface area (Å²) in [5.74, 6) is 0.607. The van der Waals surface area contributed by atoms with Gasteiger partial charge in [0.1, 0.15) is 18.2 Å². The number of nitrogens with zero attached hydrogens (tertiary/aromatic N) is 1. The van der Waals surface area contributed by atoms with E-state index in [2.05, 4.69) is 10.3 Å². The average molecular weight is 286 g/mol. The number of carbonyl (C=O) groups excluding carboxylic acids is 1. The Morgan fingerprint density at radius 3 is 2.90 bits per heavy atom. The van der Waals surface area contributed by atoms with Gasteiger partial charge in [-0.3, -0.25) is 4.79 Å². The van der Waals surface area contributed by atoms with E-state index in [1.54, 1.807) is 12.3 Å². The molecule has 0 saturated heterocycles. The summed E-state index contributed by atoms with van der Waals surface area (Å²) in [5, 5.41) is 3.09. The SMILES string of the molecule is Cc1ccnc(Nc2cccc(OCCN)c2)c1C(N)=O. The molecule has 0 aliphatic rings. The number of benzene rings is 1. The van der Waals surface area contributed by atoms with Crippen LogP contribution in [-0.2, 0) is 0 Å². The van der Waals surface area contributed by atoms with Gasteiger partial charge in [-0.25, -0.2) is 4.98 Å². The summed E-state index contributed by atoms with van der Waals surface area (Å²) < 4.78 is 5.46. The molecule has 1 aromatic heterocycles. The van der Waals surface area contributed by atoms with Crippen molar-refractivity contribution < 1.29 is 9.53 Å². The van der Waals surface area contributed by atoms with E-state index in [1.165, 1.54) is 0 Å². The summed E-state index contributed by atoms with van der Waals surface area (Å²) >= 11 is 0. The van der Waals surface area contributed by atoms with Gasteiger partial charge in [-0.1, -0.05) is 6.07 Å². The maximum atomic E-state index is 11.5. The first-order chi connectivity index (χ1) is 10.1. The Balaban J connectivity index is 2.26. The summed E-state index contributed by atoms with van der Waals surface area (Å²) in [6.07, 6.45) is 1.62. The third kappa shape index (κ3) is 3.70. The van der Waals surface area contributed by atoms with Gasteiger partial charge in [0, 0.05) is 24.5 Å². The zero-order valence-corrected chi connectivity index (χ0v) is 11.8. The van der Waals surface area contributed by atoms with Crippen LogP contribution in [0.3, 0.4) is 0 Å². The molecule has 1 heterocycles. The van der Waals surface area contributed by atoms with Crippen LogP contribution in [0.25, 0.3) is 0 Å². The molecule has 0 unspecified atom stereocenters. The molecule has 0 aliphatic heterocycles. The number of primary amides is 1. The molecule has 21 heavy (non-hydrogen) atoms. The van der Waals surface area contributed by atoms with Crippen LogP contribution >= 0.6 is 0 Å². The van der Waals surface area contributed by atoms with E-state index in [0.717, 1.165) is 11.3 Å². The highest BCUT2D eigenvalue weighted by molar-refractivity contribution is 5.99. The Morgan fingerprint density at radius 1 is 1.38 bits per heavy atom. The van der Waals surface area contributed by atoms with Gasteiger partial charge in [-0.2, -0.15) is 0 Å². The molecule has 0 fully saturated rings. The predicted octanol–water partition coefficient (Wildman–Crippen LogP) is 1.57. The maximum absolute atomic E-state index is 11.5. The van der Waals surface area contributed by atoms with Crippen molar-refractivity contribution in [3.63, 3.8) is 0 Å². The second-order valence-corrected chi connectivity index (χ2v) is 4.51. The van der Waals surface area contributed by atoms with Crippen LogP contribution in [0.1, 0.15) is 15.9 Å². The van der Waals surface area contributed by atoms with E-state index in [1.807, 2.05) is 31.2 Å². The number of nitrogens with one attached hydrogen (secondary N) is 1. The fraction of sp³-hybridized carbons (Fsp3) is 0.200. The van der Waals surface area contributed by atoms with Crippen molar-refractivity contribution >= 4 is 17.4 Å². The van der Waals surface area contributed by atoms with Gasteiger partial charge >= 0.3 is 0 Å². The lowest BCUT2D eigenvalue weighted by Gasteiger charge is -2.12. The fourth-order valence-electron chi connectivity index (χ4n) is 1.94. The third-order valence-electron chi connectivity index (χ3n) is 2.89.